The average molecular weight is 702 g/mol. The van der Waals surface area contributed by atoms with Crippen molar-refractivity contribution in [2.75, 3.05) is 31.1 Å². The Labute approximate surface area is 300 Å². The molecule has 0 bridgehead atoms. The summed E-state index contributed by atoms with van der Waals surface area (Å²) in [5, 5.41) is 23.8. The molecule has 3 aromatic carbocycles. The first kappa shape index (κ1) is 33.5. The van der Waals surface area contributed by atoms with Crippen LogP contribution in [0.15, 0.2) is 85.1 Å². The molecule has 1 atom stereocenters. The molecule has 3 amide bonds. The molecule has 3 aliphatic heterocycles. The van der Waals surface area contributed by atoms with Gasteiger partial charge >= 0.3 is 0 Å². The van der Waals surface area contributed by atoms with E-state index in [1.54, 1.807) is 18.2 Å². The minimum atomic E-state index is -0.853. The van der Waals surface area contributed by atoms with Crippen molar-refractivity contribution in [1.29, 1.82) is 0 Å². The number of benzene rings is 3. The second-order valence-electron chi connectivity index (χ2n) is 14.0. The number of phenolic OH excluding ortho intramolecular Hbond substituents is 1. The number of hydrogen-bond acceptors (Lipinski definition) is 8. The first-order chi connectivity index (χ1) is 25.3. The van der Waals surface area contributed by atoms with Gasteiger partial charge in [0.15, 0.2) is 0 Å². The molecule has 2 aromatic heterocycles. The molecule has 3 saturated heterocycles. The number of para-hydroxylation sites is 1. The smallest absolute Gasteiger partial charge is 0.254 e. The lowest BCUT2D eigenvalue weighted by Crippen LogP contribution is -2.52. The third kappa shape index (κ3) is 6.73. The van der Waals surface area contributed by atoms with Gasteiger partial charge in [-0.25, -0.2) is 4.39 Å². The Morgan fingerprint density at radius 2 is 1.60 bits per heavy atom. The number of carbonyl (C=O) groups excluding carboxylic acids is 3. The molecule has 266 valence electrons. The molecule has 3 aliphatic rings. The minimum Gasteiger partial charge on any atom is -0.507 e. The number of carbonyl (C=O) groups is 3. The van der Waals surface area contributed by atoms with E-state index in [1.165, 1.54) is 17.7 Å². The van der Waals surface area contributed by atoms with Gasteiger partial charge in [-0.3, -0.25) is 19.7 Å². The second-order valence-corrected chi connectivity index (χ2v) is 14.0. The average Bonchev–Trinajstić information content (AvgIpc) is 3.60. The maximum Gasteiger partial charge on any atom is 0.254 e. The Bertz CT molecular complexity index is 2140. The third-order valence-electron chi connectivity index (χ3n) is 10.9. The number of amides is 3. The molecule has 0 spiro atoms. The van der Waals surface area contributed by atoms with Crippen molar-refractivity contribution in [3.63, 3.8) is 0 Å². The molecule has 11 nitrogen and oxygen atoms in total. The minimum absolute atomic E-state index is 0.117. The molecule has 0 radical (unpaired) electrons. The summed E-state index contributed by atoms with van der Waals surface area (Å²) in [6, 6.07) is 24.1. The number of nitrogens with one attached hydrogen (secondary N) is 2. The van der Waals surface area contributed by atoms with Gasteiger partial charge in [-0.05, 0) is 111 Å². The van der Waals surface area contributed by atoms with Crippen LogP contribution in [0.5, 0.6) is 5.75 Å². The van der Waals surface area contributed by atoms with Crippen molar-refractivity contribution in [2.24, 2.45) is 0 Å². The summed E-state index contributed by atoms with van der Waals surface area (Å²) in [6.45, 7) is 3.69. The molecule has 1 unspecified atom stereocenters. The Kier molecular flexibility index (Phi) is 9.14. The topological polar surface area (TPSA) is 133 Å². The van der Waals surface area contributed by atoms with E-state index in [2.05, 4.69) is 59.5 Å². The van der Waals surface area contributed by atoms with Crippen LogP contribution in [0.4, 0.5) is 10.1 Å². The molecule has 52 heavy (non-hydrogen) atoms. The number of likely N-dealkylation sites (tertiary alicyclic amines) is 1. The van der Waals surface area contributed by atoms with Crippen LogP contribution < -0.4 is 15.5 Å². The normalized spacial score (nSPS) is 19.2. The molecule has 5 aromatic rings. The number of fused-ring (bicyclic) bond motifs is 1. The summed E-state index contributed by atoms with van der Waals surface area (Å²) < 4.78 is 17.2. The molecular formula is C40H40FN7O4. The van der Waals surface area contributed by atoms with Crippen molar-refractivity contribution in [2.45, 2.75) is 56.5 Å². The van der Waals surface area contributed by atoms with Gasteiger partial charge in [-0.2, -0.15) is 0 Å². The van der Waals surface area contributed by atoms with Crippen LogP contribution in [0.1, 0.15) is 60.4 Å². The Morgan fingerprint density at radius 1 is 0.846 bits per heavy atom. The Morgan fingerprint density at radius 3 is 2.33 bits per heavy atom. The molecule has 0 saturated carbocycles. The summed E-state index contributed by atoms with van der Waals surface area (Å²) in [6.07, 6.45) is 6.50. The first-order valence-electron chi connectivity index (χ1n) is 18.0. The summed E-state index contributed by atoms with van der Waals surface area (Å²) in [4.78, 5) is 40.9. The summed E-state index contributed by atoms with van der Waals surface area (Å²) >= 11 is 0. The fourth-order valence-electron chi connectivity index (χ4n) is 7.92. The summed E-state index contributed by atoms with van der Waals surface area (Å²) in [5.41, 5.74) is 6.01. The fraction of sp³-hybridized carbons (Fsp3) is 0.325. The van der Waals surface area contributed by atoms with E-state index in [1.807, 2.05) is 30.5 Å². The number of hydrogen-bond donors (Lipinski definition) is 3. The number of piperidine rings is 3. The van der Waals surface area contributed by atoms with Crippen molar-refractivity contribution < 1.29 is 23.9 Å². The van der Waals surface area contributed by atoms with Crippen LogP contribution >= 0.6 is 0 Å². The number of phenols is 1. The summed E-state index contributed by atoms with van der Waals surface area (Å²) in [5.74, 6) is -1.56. The fourth-order valence-corrected chi connectivity index (χ4v) is 7.92. The lowest BCUT2D eigenvalue weighted by Gasteiger charge is -2.42. The van der Waals surface area contributed by atoms with Gasteiger partial charge in [0.1, 0.15) is 23.1 Å². The quantitative estimate of drug-likeness (QED) is 0.195. The summed E-state index contributed by atoms with van der Waals surface area (Å²) in [7, 11) is 0. The van der Waals surface area contributed by atoms with Crippen LogP contribution in [0, 0.1) is 5.82 Å². The highest BCUT2D eigenvalue weighted by Gasteiger charge is 2.31. The number of rotatable bonds is 7. The Balaban J connectivity index is 0.840. The molecule has 5 heterocycles. The van der Waals surface area contributed by atoms with Gasteiger partial charge < -0.3 is 24.8 Å². The van der Waals surface area contributed by atoms with Gasteiger partial charge in [0.05, 0.1) is 16.8 Å². The van der Waals surface area contributed by atoms with Gasteiger partial charge in [-0.1, -0.05) is 24.3 Å². The Hall–Kier alpha value is -5.62. The monoisotopic (exact) mass is 701 g/mol. The molecule has 8 rings (SSSR count). The molecule has 3 N–H and O–H groups in total. The van der Waals surface area contributed by atoms with Gasteiger partial charge in [-0.15, -0.1) is 10.2 Å². The highest BCUT2D eigenvalue weighted by atomic mass is 19.1. The number of nitrogens with zero attached hydrogens (tertiary/aromatic N) is 5. The van der Waals surface area contributed by atoms with E-state index in [4.69, 9.17) is 0 Å². The van der Waals surface area contributed by atoms with Crippen LogP contribution in [0.2, 0.25) is 0 Å². The predicted octanol–water partition coefficient (Wildman–Crippen LogP) is 5.32. The SMILES string of the molecule is O=C1CCC(NC(=O)c2ccc(N3CCC(N4CCC(c5ccc(-n6ccc7nnc(-c8ccccc8O)cc76)cc5)CC4)CC3)cc2F)C(=O)N1. The van der Waals surface area contributed by atoms with E-state index in [-0.39, 0.29) is 30.1 Å². The van der Waals surface area contributed by atoms with Crippen LogP contribution in [0.3, 0.4) is 0 Å². The highest BCUT2D eigenvalue weighted by Crippen LogP contribution is 2.33. The maximum absolute atomic E-state index is 15.1. The largest absolute Gasteiger partial charge is 0.507 e. The third-order valence-corrected chi connectivity index (χ3v) is 10.9. The van der Waals surface area contributed by atoms with Crippen molar-refractivity contribution in [1.82, 2.24) is 30.3 Å². The van der Waals surface area contributed by atoms with E-state index >= 15 is 4.39 Å². The first-order valence-corrected chi connectivity index (χ1v) is 18.0. The van der Waals surface area contributed by atoms with Crippen LogP contribution in [-0.4, -0.2) is 80.8 Å². The molecule has 0 aliphatic carbocycles. The zero-order valence-electron chi connectivity index (χ0n) is 28.7. The number of imide groups is 1. The lowest BCUT2D eigenvalue weighted by molar-refractivity contribution is -0.134. The second kappa shape index (κ2) is 14.2. The zero-order chi connectivity index (χ0) is 35.8. The van der Waals surface area contributed by atoms with Crippen molar-refractivity contribution in [3.8, 4) is 22.7 Å². The predicted molar refractivity (Wildman–Crippen MR) is 195 cm³/mol. The van der Waals surface area contributed by atoms with E-state index < -0.39 is 23.7 Å². The maximum atomic E-state index is 15.1. The van der Waals surface area contributed by atoms with E-state index in [0.717, 1.165) is 74.3 Å². The number of aromatic nitrogens is 3. The van der Waals surface area contributed by atoms with Crippen LogP contribution in [-0.2, 0) is 9.59 Å². The molecular weight excluding hydrogens is 661 g/mol. The van der Waals surface area contributed by atoms with Gasteiger partial charge in [0.2, 0.25) is 11.8 Å². The number of halogens is 1. The zero-order valence-corrected chi connectivity index (χ0v) is 28.7. The highest BCUT2D eigenvalue weighted by molar-refractivity contribution is 6.04. The standard InChI is InChI=1S/C40H40FN7O4/c41-32-23-29(9-10-30(32)39(51)42-34-11-12-38(50)43-40(34)52)47-20-15-27(16-21-47)46-18-13-26(14-19-46)25-5-7-28(8-6-25)48-22-17-33-36(48)24-35(45-44-33)31-3-1-2-4-37(31)49/h1-10,17,22-24,26-27,34,49H,11-16,18-21H2,(H,42,51)(H,43,50,52). The van der Waals surface area contributed by atoms with Gasteiger partial charge in [0, 0.05) is 48.7 Å². The van der Waals surface area contributed by atoms with E-state index in [9.17, 15) is 19.5 Å². The van der Waals surface area contributed by atoms with E-state index in [0.29, 0.717) is 23.2 Å². The number of aromatic hydroxyl groups is 1. The van der Waals surface area contributed by atoms with Crippen LogP contribution in [0.25, 0.3) is 28.0 Å². The van der Waals surface area contributed by atoms with Gasteiger partial charge in [0.25, 0.3) is 5.91 Å². The molecule has 12 heteroatoms. The molecule has 3 fully saturated rings. The van der Waals surface area contributed by atoms with Crippen molar-refractivity contribution >= 4 is 34.4 Å². The number of anilines is 1. The lowest BCUT2D eigenvalue weighted by atomic mass is 9.88. The van der Waals surface area contributed by atoms with Crippen molar-refractivity contribution in [3.05, 3.63) is 102 Å².